The Labute approximate surface area is 178 Å². The Morgan fingerprint density at radius 3 is 2.26 bits per heavy atom. The summed E-state index contributed by atoms with van der Waals surface area (Å²) in [6.07, 6.45) is 0. The summed E-state index contributed by atoms with van der Waals surface area (Å²) in [6, 6.07) is 11.2. The first-order valence-electron chi connectivity index (χ1n) is 9.69. The number of carbonyl (C=O) groups excluding carboxylic acids is 2. The molecular formula is C23H22O8. The van der Waals surface area contributed by atoms with Crippen LogP contribution in [0.2, 0.25) is 0 Å². The highest BCUT2D eigenvalue weighted by molar-refractivity contribution is 5.97. The summed E-state index contributed by atoms with van der Waals surface area (Å²) < 4.78 is 26.2. The summed E-state index contributed by atoms with van der Waals surface area (Å²) in [7, 11) is 1.53. The first kappa shape index (κ1) is 21.9. The molecule has 0 atom stereocenters. The second-order valence-corrected chi connectivity index (χ2v) is 6.34. The zero-order valence-corrected chi connectivity index (χ0v) is 17.4. The molecule has 1 aromatic heterocycles. The van der Waals surface area contributed by atoms with Crippen LogP contribution in [0.15, 0.2) is 51.7 Å². The van der Waals surface area contributed by atoms with Gasteiger partial charge < -0.3 is 23.4 Å². The zero-order chi connectivity index (χ0) is 22.4. The van der Waals surface area contributed by atoms with Gasteiger partial charge >= 0.3 is 11.9 Å². The Morgan fingerprint density at radius 2 is 1.61 bits per heavy atom. The van der Waals surface area contributed by atoms with Gasteiger partial charge in [-0.15, -0.1) is 0 Å². The van der Waals surface area contributed by atoms with Crippen molar-refractivity contribution in [1.82, 2.24) is 0 Å². The fourth-order valence-electron chi connectivity index (χ4n) is 2.97. The number of hydrogen-bond donors (Lipinski definition) is 0. The molecule has 0 aliphatic carbocycles. The Kier molecular flexibility index (Phi) is 6.92. The summed E-state index contributed by atoms with van der Waals surface area (Å²) in [5.74, 6) is -0.603. The molecule has 1 heterocycles. The van der Waals surface area contributed by atoms with Gasteiger partial charge in [0.15, 0.2) is 6.61 Å². The Morgan fingerprint density at radius 1 is 0.935 bits per heavy atom. The number of hydrogen-bond acceptors (Lipinski definition) is 8. The van der Waals surface area contributed by atoms with Crippen LogP contribution in [0.5, 0.6) is 11.5 Å². The van der Waals surface area contributed by atoms with Crippen LogP contribution >= 0.6 is 0 Å². The SMILES string of the molecule is CCOC(=O)COc1ccc2c(=O)c(-c3ccc(OC)cc3)c(C(=O)OCC)oc2c1. The molecule has 0 spiro atoms. The average molecular weight is 426 g/mol. The van der Waals surface area contributed by atoms with Gasteiger partial charge in [0.2, 0.25) is 11.2 Å². The molecule has 31 heavy (non-hydrogen) atoms. The lowest BCUT2D eigenvalue weighted by atomic mass is 10.0. The molecule has 0 aliphatic heterocycles. The molecule has 0 saturated carbocycles. The van der Waals surface area contributed by atoms with E-state index < -0.39 is 17.4 Å². The molecule has 0 fully saturated rings. The van der Waals surface area contributed by atoms with Crippen molar-refractivity contribution in [3.63, 3.8) is 0 Å². The molecule has 3 aromatic rings. The summed E-state index contributed by atoms with van der Waals surface area (Å²) >= 11 is 0. The number of benzene rings is 2. The van der Waals surface area contributed by atoms with Gasteiger partial charge in [-0.2, -0.15) is 0 Å². The topological polar surface area (TPSA) is 101 Å². The molecular weight excluding hydrogens is 404 g/mol. The minimum absolute atomic E-state index is 0.0915. The Balaban J connectivity index is 2.10. The molecule has 162 valence electrons. The minimum Gasteiger partial charge on any atom is -0.497 e. The normalized spacial score (nSPS) is 10.5. The maximum absolute atomic E-state index is 13.3. The van der Waals surface area contributed by atoms with E-state index in [2.05, 4.69) is 0 Å². The van der Waals surface area contributed by atoms with Crippen molar-refractivity contribution in [3.8, 4) is 22.6 Å². The predicted octanol–water partition coefficient (Wildman–Crippen LogP) is 3.59. The predicted molar refractivity (Wildman–Crippen MR) is 113 cm³/mol. The molecule has 2 aromatic carbocycles. The standard InChI is InChI=1S/C23H22O8/c1-4-28-19(24)13-30-16-10-11-17-18(12-16)31-22(23(26)29-5-2)20(21(17)25)14-6-8-15(27-3)9-7-14/h6-12H,4-5,13H2,1-3H3. The molecule has 0 unspecified atom stereocenters. The van der Waals surface area contributed by atoms with Gasteiger partial charge in [0.25, 0.3) is 0 Å². The maximum Gasteiger partial charge on any atom is 0.375 e. The highest BCUT2D eigenvalue weighted by Crippen LogP contribution is 2.28. The van der Waals surface area contributed by atoms with Crippen molar-refractivity contribution in [2.24, 2.45) is 0 Å². The molecule has 0 N–H and O–H groups in total. The fraction of sp³-hybridized carbons (Fsp3) is 0.261. The summed E-state index contributed by atoms with van der Waals surface area (Å²) in [6.45, 7) is 3.42. The van der Waals surface area contributed by atoms with Crippen LogP contribution in [0.1, 0.15) is 24.4 Å². The third kappa shape index (κ3) is 4.85. The van der Waals surface area contributed by atoms with Gasteiger partial charge in [0.05, 0.1) is 31.3 Å². The van der Waals surface area contributed by atoms with E-state index in [9.17, 15) is 14.4 Å². The van der Waals surface area contributed by atoms with Crippen LogP contribution < -0.4 is 14.9 Å². The third-order valence-electron chi connectivity index (χ3n) is 4.37. The quantitative estimate of drug-likeness (QED) is 0.504. The Hall–Kier alpha value is -3.81. The molecule has 0 bridgehead atoms. The number of methoxy groups -OCH3 is 1. The van der Waals surface area contributed by atoms with Crippen LogP contribution in [0.3, 0.4) is 0 Å². The monoisotopic (exact) mass is 426 g/mol. The maximum atomic E-state index is 13.3. The molecule has 0 radical (unpaired) electrons. The van der Waals surface area contributed by atoms with E-state index in [-0.39, 0.29) is 47.9 Å². The first-order chi connectivity index (χ1) is 15.0. The second kappa shape index (κ2) is 9.80. The van der Waals surface area contributed by atoms with Crippen LogP contribution in [0.25, 0.3) is 22.1 Å². The van der Waals surface area contributed by atoms with Crippen molar-refractivity contribution < 1.29 is 33.0 Å². The number of fused-ring (bicyclic) bond motifs is 1. The average Bonchev–Trinajstić information content (AvgIpc) is 2.78. The number of carbonyl (C=O) groups is 2. The van der Waals surface area contributed by atoms with Crippen LogP contribution in [0, 0.1) is 0 Å². The van der Waals surface area contributed by atoms with Crippen LogP contribution in [-0.4, -0.2) is 38.9 Å². The van der Waals surface area contributed by atoms with Gasteiger partial charge in [-0.05, 0) is 43.7 Å². The lowest BCUT2D eigenvalue weighted by Crippen LogP contribution is -2.16. The zero-order valence-electron chi connectivity index (χ0n) is 17.4. The highest BCUT2D eigenvalue weighted by Gasteiger charge is 2.23. The van der Waals surface area contributed by atoms with Gasteiger partial charge in [-0.3, -0.25) is 4.79 Å². The van der Waals surface area contributed by atoms with E-state index in [1.807, 2.05) is 0 Å². The van der Waals surface area contributed by atoms with Crippen LogP contribution in [-0.2, 0) is 14.3 Å². The molecule has 3 rings (SSSR count). The third-order valence-corrected chi connectivity index (χ3v) is 4.37. The lowest BCUT2D eigenvalue weighted by Gasteiger charge is -2.11. The van der Waals surface area contributed by atoms with Crippen molar-refractivity contribution in [2.45, 2.75) is 13.8 Å². The van der Waals surface area contributed by atoms with Crippen molar-refractivity contribution in [1.29, 1.82) is 0 Å². The first-order valence-corrected chi connectivity index (χ1v) is 9.69. The number of rotatable bonds is 8. The second-order valence-electron chi connectivity index (χ2n) is 6.34. The van der Waals surface area contributed by atoms with E-state index in [0.29, 0.717) is 11.3 Å². The lowest BCUT2D eigenvalue weighted by molar-refractivity contribution is -0.145. The summed E-state index contributed by atoms with van der Waals surface area (Å²) in [5.41, 5.74) is 0.314. The Bertz CT molecular complexity index is 1140. The molecule has 8 nitrogen and oxygen atoms in total. The molecule has 0 saturated heterocycles. The van der Waals surface area contributed by atoms with E-state index in [0.717, 1.165) is 0 Å². The number of ether oxygens (including phenoxy) is 4. The fourth-order valence-corrected chi connectivity index (χ4v) is 2.97. The van der Waals surface area contributed by atoms with Gasteiger partial charge in [0.1, 0.15) is 17.1 Å². The molecule has 8 heteroatoms. The van der Waals surface area contributed by atoms with Gasteiger partial charge in [-0.1, -0.05) is 12.1 Å². The van der Waals surface area contributed by atoms with Crippen molar-refractivity contribution >= 4 is 22.9 Å². The van der Waals surface area contributed by atoms with Gasteiger partial charge in [-0.25, -0.2) is 9.59 Å². The minimum atomic E-state index is -0.759. The van der Waals surface area contributed by atoms with Gasteiger partial charge in [0, 0.05) is 6.07 Å². The largest absolute Gasteiger partial charge is 0.497 e. The molecule has 0 amide bonds. The van der Waals surface area contributed by atoms with E-state index in [4.69, 9.17) is 23.4 Å². The highest BCUT2D eigenvalue weighted by atomic mass is 16.6. The van der Waals surface area contributed by atoms with Crippen molar-refractivity contribution in [3.05, 3.63) is 58.4 Å². The van der Waals surface area contributed by atoms with E-state index in [1.165, 1.54) is 19.2 Å². The number of esters is 2. The summed E-state index contributed by atoms with van der Waals surface area (Å²) in [5, 5.41) is 0.252. The smallest absolute Gasteiger partial charge is 0.375 e. The van der Waals surface area contributed by atoms with E-state index >= 15 is 0 Å². The van der Waals surface area contributed by atoms with E-state index in [1.54, 1.807) is 44.2 Å². The van der Waals surface area contributed by atoms with Crippen molar-refractivity contribution in [2.75, 3.05) is 26.9 Å². The summed E-state index contributed by atoms with van der Waals surface area (Å²) in [4.78, 5) is 37.3. The van der Waals surface area contributed by atoms with Crippen LogP contribution in [0.4, 0.5) is 0 Å². The molecule has 0 aliphatic rings.